The molecule has 1 aromatic rings. The maximum atomic E-state index is 9.10. The minimum atomic E-state index is 0.341. The maximum Gasteiger partial charge on any atom is 0.143 e. The second-order valence-corrected chi connectivity index (χ2v) is 4.99. The van der Waals surface area contributed by atoms with Crippen molar-refractivity contribution in [3.63, 3.8) is 0 Å². The Labute approximate surface area is 96.2 Å². The van der Waals surface area contributed by atoms with E-state index >= 15 is 0 Å². The van der Waals surface area contributed by atoms with Gasteiger partial charge < -0.3 is 9.64 Å². The summed E-state index contributed by atoms with van der Waals surface area (Å²) in [5, 5.41) is 9.10. The lowest BCUT2D eigenvalue weighted by Crippen LogP contribution is -2.53. The minimum Gasteiger partial charge on any atom is -0.495 e. The van der Waals surface area contributed by atoms with Gasteiger partial charge in [-0.1, -0.05) is 19.9 Å². The van der Waals surface area contributed by atoms with Crippen molar-refractivity contribution in [2.24, 2.45) is 5.41 Å². The summed E-state index contributed by atoms with van der Waals surface area (Å²) in [6.07, 6.45) is 0. The molecule has 1 aromatic carbocycles. The van der Waals surface area contributed by atoms with Gasteiger partial charge in [0.2, 0.25) is 0 Å². The Bertz CT molecular complexity index is 438. The van der Waals surface area contributed by atoms with Crippen LogP contribution in [0.2, 0.25) is 0 Å². The predicted molar refractivity (Wildman–Crippen MR) is 63.7 cm³/mol. The number of methoxy groups -OCH3 is 1. The van der Waals surface area contributed by atoms with E-state index in [1.807, 2.05) is 18.2 Å². The molecule has 1 fully saturated rings. The lowest BCUT2D eigenvalue weighted by atomic mass is 9.83. The van der Waals surface area contributed by atoms with Crippen LogP contribution in [0.3, 0.4) is 0 Å². The highest BCUT2D eigenvalue weighted by Crippen LogP contribution is 2.40. The van der Waals surface area contributed by atoms with Gasteiger partial charge in [0.15, 0.2) is 0 Å². The molecule has 0 aliphatic carbocycles. The van der Waals surface area contributed by atoms with Crippen LogP contribution in [-0.2, 0) is 0 Å². The number of ether oxygens (including phenoxy) is 1. The minimum absolute atomic E-state index is 0.341. The molecule has 3 nitrogen and oxygen atoms in total. The molecule has 0 bridgehead atoms. The molecule has 16 heavy (non-hydrogen) atoms. The number of rotatable bonds is 2. The van der Waals surface area contributed by atoms with Crippen molar-refractivity contribution in [3.05, 3.63) is 23.8 Å². The molecule has 0 N–H and O–H groups in total. The SMILES string of the molecule is COc1cccc(C#N)c1N1CC(C)(C)C1. The molecular formula is C13H16N2O. The first kappa shape index (κ1) is 10.8. The summed E-state index contributed by atoms with van der Waals surface area (Å²) in [6, 6.07) is 7.82. The normalized spacial score (nSPS) is 17.5. The predicted octanol–water partition coefficient (Wildman–Crippen LogP) is 2.41. The Morgan fingerprint density at radius 2 is 2.06 bits per heavy atom. The zero-order chi connectivity index (χ0) is 11.8. The van der Waals surface area contributed by atoms with E-state index in [9.17, 15) is 0 Å². The van der Waals surface area contributed by atoms with Crippen LogP contribution in [0.4, 0.5) is 5.69 Å². The number of hydrogen-bond acceptors (Lipinski definition) is 3. The number of nitriles is 1. The number of nitrogens with zero attached hydrogens (tertiary/aromatic N) is 2. The number of para-hydroxylation sites is 1. The first-order valence-corrected chi connectivity index (χ1v) is 5.39. The molecule has 1 saturated heterocycles. The molecule has 0 atom stereocenters. The molecule has 0 saturated carbocycles. The van der Waals surface area contributed by atoms with Gasteiger partial charge in [0.1, 0.15) is 11.8 Å². The fourth-order valence-electron chi connectivity index (χ4n) is 2.25. The highest BCUT2D eigenvalue weighted by molar-refractivity contribution is 5.69. The average Bonchev–Trinajstić information content (AvgIpc) is 2.24. The third-order valence-corrected chi connectivity index (χ3v) is 2.89. The fourth-order valence-corrected chi connectivity index (χ4v) is 2.25. The second kappa shape index (κ2) is 3.71. The third-order valence-electron chi connectivity index (χ3n) is 2.89. The van der Waals surface area contributed by atoms with E-state index in [0.29, 0.717) is 11.0 Å². The molecule has 0 aromatic heterocycles. The second-order valence-electron chi connectivity index (χ2n) is 4.99. The van der Waals surface area contributed by atoms with Crippen molar-refractivity contribution in [2.75, 3.05) is 25.1 Å². The summed E-state index contributed by atoms with van der Waals surface area (Å²) in [5.74, 6) is 0.787. The highest BCUT2D eigenvalue weighted by Gasteiger charge is 2.36. The number of hydrogen-bond donors (Lipinski definition) is 0. The zero-order valence-corrected chi connectivity index (χ0v) is 9.95. The topological polar surface area (TPSA) is 36.3 Å². The van der Waals surface area contributed by atoms with Crippen LogP contribution in [0.1, 0.15) is 19.4 Å². The average molecular weight is 216 g/mol. The largest absolute Gasteiger partial charge is 0.495 e. The highest BCUT2D eigenvalue weighted by atomic mass is 16.5. The molecule has 1 aliphatic heterocycles. The van der Waals surface area contributed by atoms with E-state index in [0.717, 1.165) is 24.5 Å². The summed E-state index contributed by atoms with van der Waals surface area (Å²) in [7, 11) is 1.64. The summed E-state index contributed by atoms with van der Waals surface area (Å²) >= 11 is 0. The molecule has 0 amide bonds. The third kappa shape index (κ3) is 1.71. The molecule has 3 heteroatoms. The zero-order valence-electron chi connectivity index (χ0n) is 9.95. The standard InChI is InChI=1S/C13H16N2O/c1-13(2)8-15(9-13)12-10(7-14)5-4-6-11(12)16-3/h4-6H,8-9H2,1-3H3. The van der Waals surface area contributed by atoms with Crippen LogP contribution >= 0.6 is 0 Å². The van der Waals surface area contributed by atoms with Crippen LogP contribution in [0, 0.1) is 16.7 Å². The van der Waals surface area contributed by atoms with Crippen molar-refractivity contribution >= 4 is 5.69 Å². The van der Waals surface area contributed by atoms with Gasteiger partial charge in [0.25, 0.3) is 0 Å². The van der Waals surface area contributed by atoms with Crippen molar-refractivity contribution in [1.29, 1.82) is 5.26 Å². The lowest BCUT2D eigenvalue weighted by Gasteiger charge is -2.47. The van der Waals surface area contributed by atoms with E-state index in [2.05, 4.69) is 24.8 Å². The number of anilines is 1. The Hall–Kier alpha value is -1.69. The van der Waals surface area contributed by atoms with Gasteiger partial charge in [-0.3, -0.25) is 0 Å². The van der Waals surface area contributed by atoms with E-state index in [1.54, 1.807) is 7.11 Å². The van der Waals surface area contributed by atoms with Gasteiger partial charge in [-0.05, 0) is 17.5 Å². The van der Waals surface area contributed by atoms with Gasteiger partial charge in [-0.2, -0.15) is 5.26 Å². The first-order chi connectivity index (χ1) is 7.57. The van der Waals surface area contributed by atoms with Crippen LogP contribution in [-0.4, -0.2) is 20.2 Å². The van der Waals surface area contributed by atoms with Gasteiger partial charge in [0.05, 0.1) is 18.4 Å². The first-order valence-electron chi connectivity index (χ1n) is 5.39. The van der Waals surface area contributed by atoms with Crippen LogP contribution in [0.15, 0.2) is 18.2 Å². The van der Waals surface area contributed by atoms with Gasteiger partial charge in [0, 0.05) is 13.1 Å². The summed E-state index contributed by atoms with van der Waals surface area (Å²) in [4.78, 5) is 2.21. The molecule has 1 heterocycles. The molecule has 2 rings (SSSR count). The van der Waals surface area contributed by atoms with Crippen molar-refractivity contribution in [2.45, 2.75) is 13.8 Å². The van der Waals surface area contributed by atoms with E-state index < -0.39 is 0 Å². The summed E-state index contributed by atoms with van der Waals surface area (Å²) < 4.78 is 5.32. The molecular weight excluding hydrogens is 200 g/mol. The van der Waals surface area contributed by atoms with Crippen molar-refractivity contribution in [3.8, 4) is 11.8 Å². The molecule has 1 aliphatic rings. The van der Waals surface area contributed by atoms with E-state index in [4.69, 9.17) is 10.00 Å². The smallest absolute Gasteiger partial charge is 0.143 e. The Morgan fingerprint density at radius 1 is 1.38 bits per heavy atom. The Balaban J connectivity index is 2.36. The molecule has 0 spiro atoms. The fraction of sp³-hybridized carbons (Fsp3) is 0.462. The Kier molecular flexibility index (Phi) is 2.51. The quantitative estimate of drug-likeness (QED) is 0.761. The van der Waals surface area contributed by atoms with E-state index in [1.165, 1.54) is 0 Å². The van der Waals surface area contributed by atoms with Gasteiger partial charge in [-0.25, -0.2) is 0 Å². The molecule has 0 unspecified atom stereocenters. The van der Waals surface area contributed by atoms with Crippen LogP contribution in [0.5, 0.6) is 5.75 Å². The van der Waals surface area contributed by atoms with Crippen LogP contribution < -0.4 is 9.64 Å². The summed E-state index contributed by atoms with van der Waals surface area (Å²) in [5.41, 5.74) is 1.97. The van der Waals surface area contributed by atoms with Crippen molar-refractivity contribution < 1.29 is 4.74 Å². The molecule has 0 radical (unpaired) electrons. The molecule has 84 valence electrons. The number of benzene rings is 1. The van der Waals surface area contributed by atoms with Crippen LogP contribution in [0.25, 0.3) is 0 Å². The summed E-state index contributed by atoms with van der Waals surface area (Å²) in [6.45, 7) is 6.40. The van der Waals surface area contributed by atoms with E-state index in [-0.39, 0.29) is 0 Å². The van der Waals surface area contributed by atoms with Crippen molar-refractivity contribution in [1.82, 2.24) is 0 Å². The van der Waals surface area contributed by atoms with Gasteiger partial charge >= 0.3 is 0 Å². The monoisotopic (exact) mass is 216 g/mol. The Morgan fingerprint density at radius 3 is 2.56 bits per heavy atom. The lowest BCUT2D eigenvalue weighted by molar-refractivity contribution is 0.273. The van der Waals surface area contributed by atoms with Gasteiger partial charge in [-0.15, -0.1) is 0 Å². The maximum absolute atomic E-state index is 9.10.